The van der Waals surface area contributed by atoms with Gasteiger partial charge in [-0.2, -0.15) is 0 Å². The number of rotatable bonds is 5. The Morgan fingerprint density at radius 2 is 1.89 bits per heavy atom. The highest BCUT2D eigenvalue weighted by molar-refractivity contribution is 5.93. The summed E-state index contributed by atoms with van der Waals surface area (Å²) < 4.78 is 0. The number of carbonyl (C=O) groups is 2. The van der Waals surface area contributed by atoms with Gasteiger partial charge in [0.25, 0.3) is 0 Å². The maximum atomic E-state index is 12.1. The minimum Gasteiger partial charge on any atom is -0.481 e. The molecule has 0 saturated heterocycles. The molecular formula is C15H19NO3. The predicted octanol–water partition coefficient (Wildman–Crippen LogP) is 2.83. The van der Waals surface area contributed by atoms with Crippen LogP contribution in [-0.4, -0.2) is 17.0 Å². The molecule has 2 N–H and O–H groups in total. The molecule has 0 atom stereocenters. The molecule has 1 saturated carbocycles. The number of aliphatic carboxylic acids is 1. The van der Waals surface area contributed by atoms with E-state index in [9.17, 15) is 9.59 Å². The van der Waals surface area contributed by atoms with E-state index in [0.29, 0.717) is 6.42 Å². The first-order valence-electron chi connectivity index (χ1n) is 6.77. The van der Waals surface area contributed by atoms with Crippen molar-refractivity contribution in [3.63, 3.8) is 0 Å². The average Bonchev–Trinajstić information content (AvgIpc) is 2.91. The van der Waals surface area contributed by atoms with Gasteiger partial charge in [-0.1, -0.05) is 31.0 Å². The lowest BCUT2D eigenvalue weighted by atomic mass is 10.0. The van der Waals surface area contributed by atoms with Crippen LogP contribution in [0.2, 0.25) is 0 Å². The van der Waals surface area contributed by atoms with Crippen molar-refractivity contribution >= 4 is 17.6 Å². The number of carbonyl (C=O) groups excluding carboxylic acids is 1. The van der Waals surface area contributed by atoms with Gasteiger partial charge >= 0.3 is 5.97 Å². The summed E-state index contributed by atoms with van der Waals surface area (Å²) in [6, 6.07) is 7.42. The number of hydrogen-bond acceptors (Lipinski definition) is 2. The van der Waals surface area contributed by atoms with Gasteiger partial charge in [-0.3, -0.25) is 9.59 Å². The van der Waals surface area contributed by atoms with E-state index < -0.39 is 5.97 Å². The molecule has 1 aliphatic rings. The van der Waals surface area contributed by atoms with Crippen LogP contribution < -0.4 is 5.32 Å². The van der Waals surface area contributed by atoms with Crippen molar-refractivity contribution < 1.29 is 14.7 Å². The smallest absolute Gasteiger partial charge is 0.303 e. The van der Waals surface area contributed by atoms with Crippen LogP contribution in [0.3, 0.4) is 0 Å². The summed E-state index contributed by atoms with van der Waals surface area (Å²) in [6.45, 7) is 0. The van der Waals surface area contributed by atoms with Gasteiger partial charge in [0.2, 0.25) is 5.91 Å². The molecule has 102 valence electrons. The molecule has 1 amide bonds. The molecule has 2 rings (SSSR count). The molecule has 4 heteroatoms. The quantitative estimate of drug-likeness (QED) is 0.856. The Labute approximate surface area is 112 Å². The van der Waals surface area contributed by atoms with Crippen LogP contribution in [0.4, 0.5) is 5.69 Å². The van der Waals surface area contributed by atoms with Crippen LogP contribution in [0.15, 0.2) is 24.3 Å². The van der Waals surface area contributed by atoms with E-state index in [1.807, 2.05) is 24.3 Å². The van der Waals surface area contributed by atoms with Gasteiger partial charge in [0.1, 0.15) is 0 Å². The van der Waals surface area contributed by atoms with Crippen molar-refractivity contribution in [2.45, 2.75) is 38.5 Å². The fourth-order valence-electron chi connectivity index (χ4n) is 2.52. The third-order valence-electron chi connectivity index (χ3n) is 3.61. The van der Waals surface area contributed by atoms with Gasteiger partial charge in [0.15, 0.2) is 0 Å². The number of nitrogens with one attached hydrogen (secondary N) is 1. The van der Waals surface area contributed by atoms with Crippen molar-refractivity contribution in [1.29, 1.82) is 0 Å². The average molecular weight is 261 g/mol. The van der Waals surface area contributed by atoms with E-state index in [1.165, 1.54) is 0 Å². The van der Waals surface area contributed by atoms with Crippen LogP contribution >= 0.6 is 0 Å². The zero-order valence-corrected chi connectivity index (χ0v) is 10.9. The van der Waals surface area contributed by atoms with E-state index >= 15 is 0 Å². The first-order chi connectivity index (χ1) is 9.16. The largest absolute Gasteiger partial charge is 0.481 e. The van der Waals surface area contributed by atoms with E-state index in [4.69, 9.17) is 5.11 Å². The summed E-state index contributed by atoms with van der Waals surface area (Å²) >= 11 is 0. The van der Waals surface area contributed by atoms with E-state index in [2.05, 4.69) is 5.32 Å². The number of carboxylic acids is 1. The minimum absolute atomic E-state index is 0.0697. The van der Waals surface area contributed by atoms with Crippen LogP contribution in [-0.2, 0) is 16.0 Å². The molecule has 0 unspecified atom stereocenters. The third-order valence-corrected chi connectivity index (χ3v) is 3.61. The standard InChI is InChI=1S/C15H19NO3/c17-14(18)10-9-11-5-3-4-8-13(11)16-15(19)12-6-1-2-7-12/h3-5,8,12H,1-2,6-7,9-10H2,(H,16,19)(H,17,18). The Bertz CT molecular complexity index is 464. The Morgan fingerprint density at radius 3 is 2.58 bits per heavy atom. The highest BCUT2D eigenvalue weighted by Crippen LogP contribution is 2.27. The third kappa shape index (κ3) is 3.81. The predicted molar refractivity (Wildman–Crippen MR) is 73.0 cm³/mol. The highest BCUT2D eigenvalue weighted by atomic mass is 16.4. The summed E-state index contributed by atoms with van der Waals surface area (Å²) in [5, 5.41) is 11.7. The Hall–Kier alpha value is -1.84. The highest BCUT2D eigenvalue weighted by Gasteiger charge is 2.23. The maximum absolute atomic E-state index is 12.1. The van der Waals surface area contributed by atoms with Crippen LogP contribution in [0, 0.1) is 5.92 Å². The number of benzene rings is 1. The Balaban J connectivity index is 2.02. The molecule has 19 heavy (non-hydrogen) atoms. The van der Waals surface area contributed by atoms with Crippen LogP contribution in [0.1, 0.15) is 37.7 Å². The van der Waals surface area contributed by atoms with Crippen LogP contribution in [0.5, 0.6) is 0 Å². The van der Waals surface area contributed by atoms with E-state index in [1.54, 1.807) is 0 Å². The minimum atomic E-state index is -0.822. The molecule has 0 aromatic heterocycles. The number of aryl methyl sites for hydroxylation is 1. The lowest BCUT2D eigenvalue weighted by Crippen LogP contribution is -2.21. The van der Waals surface area contributed by atoms with Gasteiger partial charge in [-0.05, 0) is 30.9 Å². The van der Waals surface area contributed by atoms with Crippen molar-refractivity contribution in [2.75, 3.05) is 5.32 Å². The fourth-order valence-corrected chi connectivity index (χ4v) is 2.52. The van der Waals surface area contributed by atoms with Crippen molar-refractivity contribution in [1.82, 2.24) is 0 Å². The van der Waals surface area contributed by atoms with Gasteiger partial charge in [0.05, 0.1) is 0 Å². The van der Waals surface area contributed by atoms with Crippen molar-refractivity contribution in [2.24, 2.45) is 5.92 Å². The Morgan fingerprint density at radius 1 is 1.21 bits per heavy atom. The first kappa shape index (κ1) is 13.6. The molecule has 0 aliphatic heterocycles. The summed E-state index contributed by atoms with van der Waals surface area (Å²) in [7, 11) is 0. The van der Waals surface area contributed by atoms with Gasteiger partial charge < -0.3 is 10.4 Å². The summed E-state index contributed by atoms with van der Waals surface area (Å²) in [5.41, 5.74) is 1.64. The summed E-state index contributed by atoms with van der Waals surface area (Å²) in [6.07, 6.45) is 4.69. The normalized spacial score (nSPS) is 15.4. The lowest BCUT2D eigenvalue weighted by Gasteiger charge is -2.13. The maximum Gasteiger partial charge on any atom is 0.303 e. The summed E-state index contributed by atoms with van der Waals surface area (Å²) in [4.78, 5) is 22.7. The second kappa shape index (κ2) is 6.36. The topological polar surface area (TPSA) is 66.4 Å². The monoisotopic (exact) mass is 261 g/mol. The molecule has 0 bridgehead atoms. The number of amides is 1. The molecule has 0 spiro atoms. The first-order valence-corrected chi connectivity index (χ1v) is 6.77. The fraction of sp³-hybridized carbons (Fsp3) is 0.467. The number of carboxylic acid groups (broad SMARTS) is 1. The van der Waals surface area contributed by atoms with Crippen molar-refractivity contribution in [3.8, 4) is 0 Å². The van der Waals surface area contributed by atoms with E-state index in [0.717, 1.165) is 36.9 Å². The molecule has 1 aliphatic carbocycles. The van der Waals surface area contributed by atoms with Gasteiger partial charge in [0, 0.05) is 18.0 Å². The second-order valence-corrected chi connectivity index (χ2v) is 5.02. The van der Waals surface area contributed by atoms with E-state index in [-0.39, 0.29) is 18.2 Å². The zero-order valence-electron chi connectivity index (χ0n) is 10.9. The number of para-hydroxylation sites is 1. The zero-order chi connectivity index (χ0) is 13.7. The second-order valence-electron chi connectivity index (χ2n) is 5.02. The molecule has 1 aromatic rings. The molecule has 1 fully saturated rings. The molecule has 0 radical (unpaired) electrons. The molecule has 1 aromatic carbocycles. The molecule has 0 heterocycles. The molecule has 4 nitrogen and oxygen atoms in total. The lowest BCUT2D eigenvalue weighted by molar-refractivity contribution is -0.137. The van der Waals surface area contributed by atoms with Gasteiger partial charge in [-0.25, -0.2) is 0 Å². The number of hydrogen-bond donors (Lipinski definition) is 2. The SMILES string of the molecule is O=C(O)CCc1ccccc1NC(=O)C1CCCC1. The summed E-state index contributed by atoms with van der Waals surface area (Å²) in [5.74, 6) is -0.635. The van der Waals surface area contributed by atoms with Crippen molar-refractivity contribution in [3.05, 3.63) is 29.8 Å². The molecular weight excluding hydrogens is 242 g/mol. The number of anilines is 1. The Kier molecular flexibility index (Phi) is 4.55. The van der Waals surface area contributed by atoms with Crippen LogP contribution in [0.25, 0.3) is 0 Å². The van der Waals surface area contributed by atoms with Gasteiger partial charge in [-0.15, -0.1) is 0 Å².